The minimum atomic E-state index is -0.239. The Labute approximate surface area is 116 Å². The monoisotopic (exact) mass is 274 g/mol. The number of ketones is 1. The van der Waals surface area contributed by atoms with E-state index in [1.807, 2.05) is 6.07 Å². The van der Waals surface area contributed by atoms with Crippen molar-refractivity contribution in [2.45, 2.75) is 44.8 Å². The van der Waals surface area contributed by atoms with Gasteiger partial charge in [-0.25, -0.2) is 4.79 Å². The van der Waals surface area contributed by atoms with Gasteiger partial charge in [-0.15, -0.1) is 0 Å². The topological polar surface area (TPSA) is 75.1 Å². The van der Waals surface area contributed by atoms with Crippen LogP contribution in [0.5, 0.6) is 0 Å². The molecule has 106 valence electrons. The highest BCUT2D eigenvalue weighted by atomic mass is 16.3. The number of H-pyrrole nitrogens is 1. The summed E-state index contributed by atoms with van der Waals surface area (Å²) in [6, 6.07) is 5.44. The highest BCUT2D eigenvalue weighted by Crippen LogP contribution is 2.29. The van der Waals surface area contributed by atoms with Crippen molar-refractivity contribution in [2.75, 3.05) is 0 Å². The van der Waals surface area contributed by atoms with E-state index < -0.39 is 0 Å². The molecule has 5 heteroatoms. The maximum Gasteiger partial charge on any atom is 0.326 e. The van der Waals surface area contributed by atoms with Crippen LogP contribution in [-0.2, 0) is 0 Å². The maximum atomic E-state index is 12.2. The normalized spacial score (nSPS) is 23.1. The van der Waals surface area contributed by atoms with Crippen LogP contribution in [0.2, 0.25) is 0 Å². The lowest BCUT2D eigenvalue weighted by molar-refractivity contribution is 0.101. The molecule has 0 radical (unpaired) electrons. The highest BCUT2D eigenvalue weighted by Gasteiger charge is 2.23. The quantitative estimate of drug-likeness (QED) is 0.822. The zero-order valence-corrected chi connectivity index (χ0v) is 11.4. The molecule has 0 bridgehead atoms. The summed E-state index contributed by atoms with van der Waals surface area (Å²) in [7, 11) is 0. The fourth-order valence-electron chi connectivity index (χ4n) is 3.03. The lowest BCUT2D eigenvalue weighted by atomic mass is 9.93. The van der Waals surface area contributed by atoms with Gasteiger partial charge in [-0.3, -0.25) is 9.36 Å². The van der Waals surface area contributed by atoms with Crippen LogP contribution in [-0.4, -0.2) is 26.5 Å². The van der Waals surface area contributed by atoms with Crippen LogP contribution in [0.3, 0.4) is 0 Å². The number of hydrogen-bond acceptors (Lipinski definition) is 3. The summed E-state index contributed by atoms with van der Waals surface area (Å²) in [6.07, 6.45) is 2.84. The number of rotatable bonds is 2. The number of aromatic amines is 1. The fourth-order valence-corrected chi connectivity index (χ4v) is 3.03. The summed E-state index contributed by atoms with van der Waals surface area (Å²) >= 11 is 0. The molecule has 1 heterocycles. The van der Waals surface area contributed by atoms with Gasteiger partial charge in [0.2, 0.25) is 0 Å². The van der Waals surface area contributed by atoms with Crippen molar-refractivity contribution < 1.29 is 9.90 Å². The molecule has 20 heavy (non-hydrogen) atoms. The number of fused-ring (bicyclic) bond motifs is 1. The molecule has 1 aliphatic rings. The van der Waals surface area contributed by atoms with Gasteiger partial charge in [0.15, 0.2) is 5.78 Å². The van der Waals surface area contributed by atoms with Crippen LogP contribution >= 0.6 is 0 Å². The number of carbonyl (C=O) groups excluding carboxylic acids is 1. The minimum absolute atomic E-state index is 0.0127. The van der Waals surface area contributed by atoms with Gasteiger partial charge in [0.25, 0.3) is 0 Å². The minimum Gasteiger partial charge on any atom is -0.393 e. The highest BCUT2D eigenvalue weighted by molar-refractivity contribution is 5.97. The molecule has 0 atom stereocenters. The smallest absolute Gasteiger partial charge is 0.326 e. The van der Waals surface area contributed by atoms with E-state index in [9.17, 15) is 14.7 Å². The number of imidazole rings is 1. The molecule has 0 aliphatic heterocycles. The number of Topliss-reactive ketones (excluding diaryl/α,β-unsaturated/α-hetero) is 1. The summed E-state index contributed by atoms with van der Waals surface area (Å²) in [5.41, 5.74) is 2.00. The number of aliphatic hydroxyl groups is 1. The SMILES string of the molecule is CC(=O)c1ccc2c(c1)[nH]c(=O)n2[C@H]1CC[C@H](O)CC1. The van der Waals surface area contributed by atoms with Crippen molar-refractivity contribution in [3.63, 3.8) is 0 Å². The zero-order chi connectivity index (χ0) is 14.3. The van der Waals surface area contributed by atoms with Crippen molar-refractivity contribution in [1.29, 1.82) is 0 Å². The Morgan fingerprint density at radius 2 is 2.00 bits per heavy atom. The first-order chi connectivity index (χ1) is 9.56. The predicted molar refractivity (Wildman–Crippen MR) is 76.1 cm³/mol. The third-order valence-electron chi connectivity index (χ3n) is 4.15. The molecule has 0 saturated heterocycles. The zero-order valence-electron chi connectivity index (χ0n) is 11.4. The van der Waals surface area contributed by atoms with Gasteiger partial charge in [-0.2, -0.15) is 0 Å². The van der Waals surface area contributed by atoms with E-state index in [0.29, 0.717) is 11.1 Å². The van der Waals surface area contributed by atoms with Gasteiger partial charge in [-0.1, -0.05) is 0 Å². The molecule has 1 fully saturated rings. The molecule has 3 rings (SSSR count). The molecular formula is C15H18N2O3. The second-order valence-electron chi connectivity index (χ2n) is 5.55. The van der Waals surface area contributed by atoms with Gasteiger partial charge in [0, 0.05) is 11.6 Å². The van der Waals surface area contributed by atoms with E-state index in [4.69, 9.17) is 0 Å². The van der Waals surface area contributed by atoms with Crippen LogP contribution < -0.4 is 5.69 Å². The van der Waals surface area contributed by atoms with Gasteiger partial charge >= 0.3 is 5.69 Å². The van der Waals surface area contributed by atoms with Crippen LogP contribution in [0.15, 0.2) is 23.0 Å². The average molecular weight is 274 g/mol. The maximum absolute atomic E-state index is 12.2. The van der Waals surface area contributed by atoms with Gasteiger partial charge in [0.05, 0.1) is 17.1 Å². The molecule has 0 amide bonds. The van der Waals surface area contributed by atoms with Crippen molar-refractivity contribution >= 4 is 16.8 Å². The number of nitrogens with one attached hydrogen (secondary N) is 1. The van der Waals surface area contributed by atoms with Crippen molar-refractivity contribution in [3.8, 4) is 0 Å². The summed E-state index contributed by atoms with van der Waals surface area (Å²) < 4.78 is 1.77. The van der Waals surface area contributed by atoms with E-state index >= 15 is 0 Å². The molecule has 1 aromatic heterocycles. The van der Waals surface area contributed by atoms with E-state index in [-0.39, 0.29) is 23.6 Å². The lowest BCUT2D eigenvalue weighted by Crippen LogP contribution is -2.27. The summed E-state index contributed by atoms with van der Waals surface area (Å²) in [6.45, 7) is 1.51. The van der Waals surface area contributed by atoms with Crippen LogP contribution in [0.25, 0.3) is 11.0 Å². The Morgan fingerprint density at radius 1 is 1.30 bits per heavy atom. The number of nitrogens with zero attached hydrogens (tertiary/aromatic N) is 1. The number of carbonyl (C=O) groups is 1. The molecule has 1 saturated carbocycles. The molecule has 5 nitrogen and oxygen atoms in total. The van der Waals surface area contributed by atoms with E-state index in [1.165, 1.54) is 6.92 Å². The van der Waals surface area contributed by atoms with Gasteiger partial charge in [0.1, 0.15) is 0 Å². The average Bonchev–Trinajstić information content (AvgIpc) is 2.74. The fraction of sp³-hybridized carbons (Fsp3) is 0.467. The number of aliphatic hydroxyl groups excluding tert-OH is 1. The summed E-state index contributed by atoms with van der Waals surface area (Å²) in [5, 5.41) is 9.57. The summed E-state index contributed by atoms with van der Waals surface area (Å²) in [5.74, 6) is -0.0127. The van der Waals surface area contributed by atoms with E-state index in [0.717, 1.165) is 31.2 Å². The Morgan fingerprint density at radius 3 is 2.65 bits per heavy atom. The summed E-state index contributed by atoms with van der Waals surface area (Å²) in [4.78, 5) is 26.4. The molecule has 0 unspecified atom stereocenters. The van der Waals surface area contributed by atoms with Crippen LogP contribution in [0.4, 0.5) is 0 Å². The first-order valence-corrected chi connectivity index (χ1v) is 6.99. The second kappa shape index (κ2) is 4.90. The number of benzene rings is 1. The van der Waals surface area contributed by atoms with Crippen LogP contribution in [0, 0.1) is 0 Å². The Balaban J connectivity index is 2.05. The molecule has 0 spiro atoms. The first-order valence-electron chi connectivity index (χ1n) is 6.99. The number of aromatic nitrogens is 2. The molecule has 1 aliphatic carbocycles. The first kappa shape index (κ1) is 13.1. The molecule has 1 aromatic carbocycles. The number of hydrogen-bond donors (Lipinski definition) is 2. The Kier molecular flexibility index (Phi) is 3.22. The van der Waals surface area contributed by atoms with Gasteiger partial charge < -0.3 is 10.1 Å². The van der Waals surface area contributed by atoms with E-state index in [1.54, 1.807) is 16.7 Å². The molecule has 2 aromatic rings. The standard InChI is InChI=1S/C15H18N2O3/c1-9(18)10-2-7-14-13(8-10)16-15(20)17(14)11-3-5-12(19)6-4-11/h2,7-8,11-12,19H,3-6H2,1H3,(H,16,20)/t11-,12-. The third-order valence-corrected chi connectivity index (χ3v) is 4.15. The van der Waals surface area contributed by atoms with Crippen LogP contribution in [0.1, 0.15) is 49.0 Å². The van der Waals surface area contributed by atoms with Crippen molar-refractivity contribution in [3.05, 3.63) is 34.2 Å². The third kappa shape index (κ3) is 2.18. The molecular weight excluding hydrogens is 256 g/mol. The predicted octanol–water partition coefficient (Wildman–Crippen LogP) is 2.01. The van der Waals surface area contributed by atoms with E-state index in [2.05, 4.69) is 4.98 Å². The van der Waals surface area contributed by atoms with Crippen molar-refractivity contribution in [1.82, 2.24) is 9.55 Å². The Hall–Kier alpha value is -1.88. The molecule has 2 N–H and O–H groups in total. The second-order valence-corrected chi connectivity index (χ2v) is 5.55. The van der Waals surface area contributed by atoms with Gasteiger partial charge in [-0.05, 0) is 50.8 Å². The van der Waals surface area contributed by atoms with Crippen molar-refractivity contribution in [2.24, 2.45) is 0 Å². The Bertz CT molecular complexity index is 705. The lowest BCUT2D eigenvalue weighted by Gasteiger charge is -2.26. The largest absolute Gasteiger partial charge is 0.393 e.